The molecule has 2 aromatic rings. The lowest BCUT2D eigenvalue weighted by atomic mass is 10.1. The molecule has 1 heterocycles. The average molecular weight is 217 g/mol. The predicted molar refractivity (Wildman–Crippen MR) is 62.2 cm³/mol. The third-order valence-electron chi connectivity index (χ3n) is 2.47. The Hall–Kier alpha value is -1.81. The summed E-state index contributed by atoms with van der Waals surface area (Å²) in [7, 11) is 1.67. The minimum absolute atomic E-state index is 0.538. The van der Waals surface area contributed by atoms with Crippen LogP contribution in [-0.2, 0) is 13.1 Å². The number of aromatic nitrogens is 2. The van der Waals surface area contributed by atoms with E-state index in [9.17, 15) is 0 Å². The maximum atomic E-state index is 5.62. The summed E-state index contributed by atoms with van der Waals surface area (Å²) in [6.45, 7) is 1.24. The van der Waals surface area contributed by atoms with Gasteiger partial charge < -0.3 is 10.5 Å². The van der Waals surface area contributed by atoms with Gasteiger partial charge in [-0.3, -0.25) is 4.68 Å². The molecule has 84 valence electrons. The Bertz CT molecular complexity index is 451. The molecular weight excluding hydrogens is 202 g/mol. The SMILES string of the molecule is COc1ccc(CN)cc1Cn1cccn1. The van der Waals surface area contributed by atoms with E-state index < -0.39 is 0 Å². The van der Waals surface area contributed by atoms with Crippen LogP contribution in [0.25, 0.3) is 0 Å². The Morgan fingerprint density at radius 3 is 2.94 bits per heavy atom. The molecule has 0 saturated carbocycles. The molecule has 0 unspecified atom stereocenters. The van der Waals surface area contributed by atoms with Gasteiger partial charge in [0.15, 0.2) is 0 Å². The molecule has 0 aliphatic rings. The Morgan fingerprint density at radius 1 is 1.44 bits per heavy atom. The number of nitrogens with two attached hydrogens (primary N) is 1. The highest BCUT2D eigenvalue weighted by Gasteiger charge is 2.04. The molecule has 4 heteroatoms. The highest BCUT2D eigenvalue weighted by molar-refractivity contribution is 5.37. The van der Waals surface area contributed by atoms with Crippen LogP contribution in [0.4, 0.5) is 0 Å². The van der Waals surface area contributed by atoms with Crippen LogP contribution in [-0.4, -0.2) is 16.9 Å². The molecular formula is C12H15N3O. The fourth-order valence-corrected chi connectivity index (χ4v) is 1.65. The quantitative estimate of drug-likeness (QED) is 0.842. The standard InChI is InChI=1S/C12H15N3O/c1-16-12-4-3-10(8-13)7-11(12)9-15-6-2-5-14-15/h2-7H,8-9,13H2,1H3. The van der Waals surface area contributed by atoms with Crippen molar-refractivity contribution in [3.63, 3.8) is 0 Å². The summed E-state index contributed by atoms with van der Waals surface area (Å²) in [6.07, 6.45) is 3.69. The van der Waals surface area contributed by atoms with Gasteiger partial charge in [-0.2, -0.15) is 5.10 Å². The molecule has 0 amide bonds. The predicted octanol–water partition coefficient (Wildman–Crippen LogP) is 1.40. The maximum absolute atomic E-state index is 5.62. The first-order valence-electron chi connectivity index (χ1n) is 5.17. The lowest BCUT2D eigenvalue weighted by Crippen LogP contribution is -2.04. The first-order chi connectivity index (χ1) is 7.83. The number of hydrogen-bond donors (Lipinski definition) is 1. The molecule has 2 N–H and O–H groups in total. The summed E-state index contributed by atoms with van der Waals surface area (Å²) in [6, 6.07) is 7.88. The molecule has 2 rings (SSSR count). The van der Waals surface area contributed by atoms with Crippen LogP contribution in [0.15, 0.2) is 36.7 Å². The minimum atomic E-state index is 0.538. The highest BCUT2D eigenvalue weighted by Crippen LogP contribution is 2.20. The number of rotatable bonds is 4. The molecule has 1 aromatic heterocycles. The number of methoxy groups -OCH3 is 1. The molecule has 0 radical (unpaired) electrons. The van der Waals surface area contributed by atoms with Crippen molar-refractivity contribution in [2.75, 3.05) is 7.11 Å². The van der Waals surface area contributed by atoms with E-state index in [2.05, 4.69) is 11.2 Å². The first-order valence-corrected chi connectivity index (χ1v) is 5.17. The topological polar surface area (TPSA) is 53.1 Å². The van der Waals surface area contributed by atoms with Gasteiger partial charge in [0.25, 0.3) is 0 Å². The van der Waals surface area contributed by atoms with Gasteiger partial charge in [-0.05, 0) is 23.8 Å². The first kappa shape index (κ1) is 10.7. The number of benzene rings is 1. The zero-order valence-corrected chi connectivity index (χ0v) is 9.26. The van der Waals surface area contributed by atoms with Crippen molar-refractivity contribution in [1.29, 1.82) is 0 Å². The van der Waals surface area contributed by atoms with Gasteiger partial charge in [0.1, 0.15) is 5.75 Å². The van der Waals surface area contributed by atoms with Gasteiger partial charge in [0.2, 0.25) is 0 Å². The lowest BCUT2D eigenvalue weighted by molar-refractivity contribution is 0.407. The zero-order chi connectivity index (χ0) is 11.4. The van der Waals surface area contributed by atoms with Crippen molar-refractivity contribution in [2.24, 2.45) is 5.73 Å². The Labute approximate surface area is 94.6 Å². The second kappa shape index (κ2) is 4.81. The van der Waals surface area contributed by atoms with E-state index in [4.69, 9.17) is 10.5 Å². The third-order valence-corrected chi connectivity index (χ3v) is 2.47. The average Bonchev–Trinajstić information content (AvgIpc) is 2.82. The fraction of sp³-hybridized carbons (Fsp3) is 0.250. The largest absolute Gasteiger partial charge is 0.496 e. The summed E-state index contributed by atoms with van der Waals surface area (Å²) in [4.78, 5) is 0. The van der Waals surface area contributed by atoms with Crippen LogP contribution >= 0.6 is 0 Å². The van der Waals surface area contributed by atoms with Crippen LogP contribution in [0.1, 0.15) is 11.1 Å². The van der Waals surface area contributed by atoms with Crippen LogP contribution in [0.5, 0.6) is 5.75 Å². The number of hydrogen-bond acceptors (Lipinski definition) is 3. The number of ether oxygens (including phenoxy) is 1. The zero-order valence-electron chi connectivity index (χ0n) is 9.26. The molecule has 0 bridgehead atoms. The smallest absolute Gasteiger partial charge is 0.123 e. The second-order valence-corrected chi connectivity index (χ2v) is 3.55. The Morgan fingerprint density at radius 2 is 2.31 bits per heavy atom. The van der Waals surface area contributed by atoms with Gasteiger partial charge >= 0.3 is 0 Å². The Balaban J connectivity index is 2.30. The van der Waals surface area contributed by atoms with E-state index >= 15 is 0 Å². The summed E-state index contributed by atoms with van der Waals surface area (Å²) >= 11 is 0. The van der Waals surface area contributed by atoms with Crippen molar-refractivity contribution in [3.8, 4) is 5.75 Å². The van der Waals surface area contributed by atoms with E-state index in [1.165, 1.54) is 0 Å². The molecule has 0 aliphatic carbocycles. The van der Waals surface area contributed by atoms with Gasteiger partial charge in [0.05, 0.1) is 13.7 Å². The molecule has 0 fully saturated rings. The van der Waals surface area contributed by atoms with Crippen molar-refractivity contribution in [3.05, 3.63) is 47.8 Å². The molecule has 4 nitrogen and oxygen atoms in total. The van der Waals surface area contributed by atoms with Gasteiger partial charge in [-0.1, -0.05) is 6.07 Å². The van der Waals surface area contributed by atoms with Crippen molar-refractivity contribution >= 4 is 0 Å². The van der Waals surface area contributed by atoms with Crippen LogP contribution < -0.4 is 10.5 Å². The molecule has 16 heavy (non-hydrogen) atoms. The van der Waals surface area contributed by atoms with Gasteiger partial charge in [-0.15, -0.1) is 0 Å². The van der Waals surface area contributed by atoms with Crippen LogP contribution in [0, 0.1) is 0 Å². The van der Waals surface area contributed by atoms with Crippen molar-refractivity contribution in [2.45, 2.75) is 13.1 Å². The van der Waals surface area contributed by atoms with Gasteiger partial charge in [0, 0.05) is 24.5 Å². The lowest BCUT2D eigenvalue weighted by Gasteiger charge is -2.10. The van der Waals surface area contributed by atoms with Crippen LogP contribution in [0.2, 0.25) is 0 Å². The van der Waals surface area contributed by atoms with Crippen molar-refractivity contribution in [1.82, 2.24) is 9.78 Å². The third kappa shape index (κ3) is 2.23. The summed E-state index contributed by atoms with van der Waals surface area (Å²) < 4.78 is 7.17. The normalized spacial score (nSPS) is 10.4. The molecule has 0 spiro atoms. The maximum Gasteiger partial charge on any atom is 0.123 e. The fourth-order valence-electron chi connectivity index (χ4n) is 1.65. The van der Waals surface area contributed by atoms with E-state index in [-0.39, 0.29) is 0 Å². The Kier molecular flexibility index (Phi) is 3.22. The minimum Gasteiger partial charge on any atom is -0.496 e. The molecule has 0 saturated heterocycles. The van der Waals surface area contributed by atoms with Gasteiger partial charge in [-0.25, -0.2) is 0 Å². The molecule has 0 atom stereocenters. The molecule has 1 aromatic carbocycles. The number of nitrogens with zero attached hydrogens (tertiary/aromatic N) is 2. The summed E-state index contributed by atoms with van der Waals surface area (Å²) in [5.41, 5.74) is 7.81. The van der Waals surface area contributed by atoms with E-state index in [1.807, 2.05) is 29.1 Å². The van der Waals surface area contributed by atoms with Crippen LogP contribution in [0.3, 0.4) is 0 Å². The van der Waals surface area contributed by atoms with E-state index in [1.54, 1.807) is 13.3 Å². The van der Waals surface area contributed by atoms with E-state index in [0.29, 0.717) is 13.1 Å². The van der Waals surface area contributed by atoms with E-state index in [0.717, 1.165) is 16.9 Å². The molecule has 0 aliphatic heterocycles. The monoisotopic (exact) mass is 217 g/mol. The highest BCUT2D eigenvalue weighted by atomic mass is 16.5. The second-order valence-electron chi connectivity index (χ2n) is 3.55. The summed E-state index contributed by atoms with van der Waals surface area (Å²) in [5, 5.41) is 4.17. The van der Waals surface area contributed by atoms with Crippen molar-refractivity contribution < 1.29 is 4.74 Å². The summed E-state index contributed by atoms with van der Waals surface area (Å²) in [5.74, 6) is 0.868.